The van der Waals surface area contributed by atoms with Crippen LogP contribution in [0.4, 0.5) is 0 Å². The highest BCUT2D eigenvalue weighted by atomic mass is 32.2. The van der Waals surface area contributed by atoms with Gasteiger partial charge in [0.25, 0.3) is 11.8 Å². The summed E-state index contributed by atoms with van der Waals surface area (Å²) in [6, 6.07) is 9.87. The van der Waals surface area contributed by atoms with E-state index in [1.54, 1.807) is 30.1 Å². The molecule has 12 heteroatoms. The lowest BCUT2D eigenvalue weighted by molar-refractivity contribution is 0.0794. The first-order valence-corrected chi connectivity index (χ1v) is 17.4. The smallest absolute Gasteiger partial charge is 0.253 e. The molecule has 3 unspecified atom stereocenters. The average molecular weight is 623 g/mol. The highest BCUT2D eigenvalue weighted by Gasteiger charge is 2.33. The zero-order valence-corrected chi connectivity index (χ0v) is 27.4. The van der Waals surface area contributed by atoms with E-state index in [-0.39, 0.29) is 35.4 Å². The van der Waals surface area contributed by atoms with Gasteiger partial charge in [0.1, 0.15) is 17.7 Å². The summed E-state index contributed by atoms with van der Waals surface area (Å²) in [6.07, 6.45) is 3.98. The van der Waals surface area contributed by atoms with Crippen molar-refractivity contribution in [2.75, 3.05) is 53.7 Å². The Labute approximate surface area is 251 Å². The van der Waals surface area contributed by atoms with Gasteiger partial charge in [0, 0.05) is 37.8 Å². The summed E-state index contributed by atoms with van der Waals surface area (Å²) < 4.78 is 38.9. The Morgan fingerprint density at radius 2 is 1.62 bits per heavy atom. The molecular formula is C30H45N3O7PS+. The predicted molar refractivity (Wildman–Crippen MR) is 169 cm³/mol. The molecule has 2 aromatic rings. The van der Waals surface area contributed by atoms with Gasteiger partial charge < -0.3 is 24.8 Å². The number of nitrogens with zero attached hydrogens (tertiary/aromatic N) is 2. The Hall–Kier alpha value is -2.98. The van der Waals surface area contributed by atoms with Crippen LogP contribution in [0.2, 0.25) is 0 Å². The van der Waals surface area contributed by atoms with Crippen LogP contribution < -0.4 is 14.8 Å². The molecule has 10 nitrogen and oxygen atoms in total. The maximum atomic E-state index is 13.6. The second-order valence-corrected chi connectivity index (χ2v) is 14.8. The molecule has 0 saturated carbocycles. The van der Waals surface area contributed by atoms with Crippen LogP contribution in [0.1, 0.15) is 47.9 Å². The van der Waals surface area contributed by atoms with Crippen LogP contribution in [0.25, 0.3) is 0 Å². The first-order chi connectivity index (χ1) is 19.7. The molecule has 0 spiro atoms. The monoisotopic (exact) mass is 622 g/mol. The SMILES string of the molecule is C=[P+](C)CC(NC(=O)c1cc(OC)cc(C(=O)N(C)CCC)c1)C(O)CN(CC(C)C)S(=O)(=O)c1ccc(OC)cc1. The van der Waals surface area contributed by atoms with Crippen molar-refractivity contribution in [1.82, 2.24) is 14.5 Å². The number of sulfonamides is 1. The lowest BCUT2D eigenvalue weighted by Gasteiger charge is -2.29. The summed E-state index contributed by atoms with van der Waals surface area (Å²) in [5, 5.41) is 14.2. The van der Waals surface area contributed by atoms with Gasteiger partial charge in [0.15, 0.2) is 0 Å². The standard InChI is InChI=1S/C30H44N3O7PS/c1-9-14-32(4)30(36)23-15-22(16-25(17-23)40-6)29(35)31-27(20-41(7)8)28(34)19-33(18-21(2)3)42(37,38)26-12-10-24(39-5)11-13-26/h10-13,15-17,21,27-28,34H,7,9,14,18-20H2,1-6,8H3/p+1. The zero-order valence-electron chi connectivity index (χ0n) is 25.7. The number of carbonyl (C=O) groups is 2. The third-order valence-corrected chi connectivity index (χ3v) is 9.37. The minimum atomic E-state index is -3.96. The summed E-state index contributed by atoms with van der Waals surface area (Å²) in [5.74, 6) is 0.0857. The van der Waals surface area contributed by atoms with Gasteiger partial charge in [0.2, 0.25) is 10.0 Å². The van der Waals surface area contributed by atoms with Crippen LogP contribution in [-0.4, -0.2) is 107 Å². The fraction of sp³-hybridized carbons (Fsp3) is 0.500. The number of benzene rings is 2. The quantitative estimate of drug-likeness (QED) is 0.275. The molecule has 0 saturated heterocycles. The maximum Gasteiger partial charge on any atom is 0.253 e. The molecule has 2 rings (SSSR count). The van der Waals surface area contributed by atoms with Crippen molar-refractivity contribution in [2.45, 2.75) is 44.2 Å². The number of nitrogens with one attached hydrogen (secondary N) is 1. The topological polar surface area (TPSA) is 125 Å². The molecule has 0 aromatic heterocycles. The van der Waals surface area contributed by atoms with E-state index in [1.165, 1.54) is 42.8 Å². The molecule has 0 fully saturated rings. The molecule has 42 heavy (non-hydrogen) atoms. The molecule has 0 bridgehead atoms. The van der Waals surface area contributed by atoms with Gasteiger partial charge in [-0.1, -0.05) is 20.8 Å². The number of rotatable bonds is 16. The zero-order chi connectivity index (χ0) is 31.6. The number of amides is 2. The van der Waals surface area contributed by atoms with Crippen molar-refractivity contribution in [3.8, 4) is 11.5 Å². The average Bonchev–Trinajstić information content (AvgIpc) is 2.95. The number of aliphatic hydroxyl groups excluding tert-OH is 1. The molecule has 0 heterocycles. The van der Waals surface area contributed by atoms with Crippen molar-refractivity contribution in [2.24, 2.45) is 5.92 Å². The molecule has 2 N–H and O–H groups in total. The maximum absolute atomic E-state index is 13.6. The van der Waals surface area contributed by atoms with Gasteiger partial charge in [-0.2, -0.15) is 4.31 Å². The Morgan fingerprint density at radius 3 is 2.14 bits per heavy atom. The first kappa shape index (κ1) is 35.2. The molecule has 232 valence electrons. The lowest BCUT2D eigenvalue weighted by atomic mass is 10.1. The van der Waals surface area contributed by atoms with Crippen LogP contribution in [0.15, 0.2) is 47.4 Å². The lowest BCUT2D eigenvalue weighted by Crippen LogP contribution is -2.51. The van der Waals surface area contributed by atoms with Gasteiger partial charge in [0.05, 0.1) is 51.8 Å². The highest BCUT2D eigenvalue weighted by molar-refractivity contribution is 7.89. The van der Waals surface area contributed by atoms with Crippen molar-refractivity contribution >= 4 is 35.7 Å². The van der Waals surface area contributed by atoms with Gasteiger partial charge in [-0.15, -0.1) is 0 Å². The number of methoxy groups -OCH3 is 2. The van der Waals surface area contributed by atoms with Crippen molar-refractivity contribution in [3.63, 3.8) is 0 Å². The van der Waals surface area contributed by atoms with Crippen LogP contribution in [0.3, 0.4) is 0 Å². The summed E-state index contributed by atoms with van der Waals surface area (Å²) in [6.45, 7) is 8.16. The second kappa shape index (κ2) is 16.0. The third kappa shape index (κ3) is 9.80. The second-order valence-electron chi connectivity index (χ2n) is 10.8. The molecule has 0 aliphatic carbocycles. The Kier molecular flexibility index (Phi) is 13.4. The van der Waals surface area contributed by atoms with Gasteiger partial charge in [-0.3, -0.25) is 9.59 Å². The van der Waals surface area contributed by atoms with E-state index in [9.17, 15) is 23.1 Å². The molecule has 0 aliphatic heterocycles. The van der Waals surface area contributed by atoms with Crippen LogP contribution in [0, 0.1) is 5.92 Å². The summed E-state index contributed by atoms with van der Waals surface area (Å²) in [7, 11) is -0.138. The van der Waals surface area contributed by atoms with E-state index >= 15 is 0 Å². The van der Waals surface area contributed by atoms with E-state index in [1.807, 2.05) is 27.4 Å². The van der Waals surface area contributed by atoms with E-state index in [2.05, 4.69) is 11.6 Å². The summed E-state index contributed by atoms with van der Waals surface area (Å²) in [4.78, 5) is 28.0. The van der Waals surface area contributed by atoms with E-state index < -0.39 is 35.6 Å². The van der Waals surface area contributed by atoms with Gasteiger partial charge in [-0.25, -0.2) is 8.42 Å². The minimum absolute atomic E-state index is 0.0204. The molecule has 0 aliphatic rings. The largest absolute Gasteiger partial charge is 0.497 e. The normalized spacial score (nSPS) is 13.4. The minimum Gasteiger partial charge on any atom is -0.497 e. The van der Waals surface area contributed by atoms with E-state index in [0.717, 1.165) is 6.42 Å². The van der Waals surface area contributed by atoms with Crippen LogP contribution >= 0.6 is 7.55 Å². The number of carbonyl (C=O) groups excluding carboxylic acids is 2. The fourth-order valence-corrected chi connectivity index (χ4v) is 7.02. The molecule has 2 amide bonds. The van der Waals surface area contributed by atoms with Gasteiger partial charge >= 0.3 is 0 Å². The summed E-state index contributed by atoms with van der Waals surface area (Å²) >= 11 is 0. The predicted octanol–water partition coefficient (Wildman–Crippen LogP) is 3.54. The van der Waals surface area contributed by atoms with Crippen LogP contribution in [0.5, 0.6) is 11.5 Å². The van der Waals surface area contributed by atoms with E-state index in [4.69, 9.17) is 9.47 Å². The number of hydrogen-bond acceptors (Lipinski definition) is 7. The third-order valence-electron chi connectivity index (χ3n) is 6.50. The van der Waals surface area contributed by atoms with Crippen molar-refractivity contribution in [1.29, 1.82) is 0 Å². The van der Waals surface area contributed by atoms with Crippen LogP contribution in [-0.2, 0) is 10.0 Å². The summed E-state index contributed by atoms with van der Waals surface area (Å²) in [5.41, 5.74) is 0.491. The fourth-order valence-electron chi connectivity index (χ4n) is 4.39. The number of aliphatic hydroxyl groups is 1. The number of hydrogen-bond donors (Lipinski definition) is 2. The molecule has 3 atom stereocenters. The molecule has 0 radical (unpaired) electrons. The number of ether oxygens (including phenoxy) is 2. The molecular weight excluding hydrogens is 577 g/mol. The highest BCUT2D eigenvalue weighted by Crippen LogP contribution is 2.24. The Bertz CT molecular complexity index is 1330. The van der Waals surface area contributed by atoms with Crippen molar-refractivity contribution < 1.29 is 32.6 Å². The molecule has 2 aromatic carbocycles. The van der Waals surface area contributed by atoms with Gasteiger partial charge in [-0.05, 0) is 54.8 Å². The Balaban J connectivity index is 2.37. The van der Waals surface area contributed by atoms with E-state index in [0.29, 0.717) is 29.8 Å². The first-order valence-electron chi connectivity index (χ1n) is 13.8. The van der Waals surface area contributed by atoms with Crippen molar-refractivity contribution in [3.05, 3.63) is 53.6 Å². The Morgan fingerprint density at radius 1 is 1.02 bits per heavy atom.